The van der Waals surface area contributed by atoms with Gasteiger partial charge in [-0.15, -0.1) is 0 Å². The topological polar surface area (TPSA) is 154 Å². The molecule has 0 atom stereocenters. The second-order valence-electron chi connectivity index (χ2n) is 12.9. The molecule has 0 unspecified atom stereocenters. The molecular weight excluding hydrogens is 706 g/mol. The average molecular weight is 738 g/mol. The van der Waals surface area contributed by atoms with E-state index in [0.717, 1.165) is 90.2 Å². The van der Waals surface area contributed by atoms with Crippen LogP contribution in [0.1, 0.15) is 22.3 Å². The monoisotopic (exact) mass is 736 g/mol. The first kappa shape index (κ1) is 33.4. The second kappa shape index (κ2) is 13.5. The normalized spacial score (nSPS) is 17.1. The number of anilines is 4. The van der Waals surface area contributed by atoms with E-state index < -0.39 is 0 Å². The predicted octanol–water partition coefficient (Wildman–Crippen LogP) is 8.01. The van der Waals surface area contributed by atoms with Crippen LogP contribution in [-0.4, -0.2) is 22.8 Å². The number of allylic oxidation sites excluding steroid dienone is 12. The number of nitrogens with two attached hydrogens (primary N) is 4. The van der Waals surface area contributed by atoms with Crippen LogP contribution in [0.25, 0.3) is 22.3 Å². The first-order valence-electron chi connectivity index (χ1n) is 16.9. The predicted molar refractivity (Wildman–Crippen MR) is 217 cm³/mol. The quantitative estimate of drug-likeness (QED) is 0.124. The molecule has 5 aliphatic heterocycles. The maximum atomic E-state index is 6.13. The van der Waals surface area contributed by atoms with Gasteiger partial charge in [-0.05, 0) is 119 Å². The fraction of sp³-hybridized carbons (Fsp3) is 0. The van der Waals surface area contributed by atoms with E-state index in [0.29, 0.717) is 22.7 Å². The summed E-state index contributed by atoms with van der Waals surface area (Å²) in [5.74, 6) is 0. The molecule has 0 spiro atoms. The van der Waals surface area contributed by atoms with Gasteiger partial charge in [0.25, 0.3) is 0 Å². The number of hydrogen-bond acceptors (Lipinski definition) is 8. The molecule has 53 heavy (non-hydrogen) atoms. The van der Waals surface area contributed by atoms with Crippen molar-refractivity contribution in [1.29, 1.82) is 0 Å². The molecule has 0 aliphatic carbocycles. The summed E-state index contributed by atoms with van der Waals surface area (Å²) >= 11 is 0. The smallest absolute Gasteiger partial charge is 0.0738 e. The summed E-state index contributed by atoms with van der Waals surface area (Å²) in [6.45, 7) is 0. The molecule has 4 aromatic rings. The van der Waals surface area contributed by atoms with Gasteiger partial charge in [-0.3, -0.25) is 0 Å². The largest absolute Gasteiger partial charge is 0.399 e. The van der Waals surface area contributed by atoms with Crippen molar-refractivity contribution in [2.24, 2.45) is 20.0 Å². The molecule has 5 heterocycles. The Bertz CT molecular complexity index is 2220. The number of fused-ring (bicyclic) bond motifs is 4. The zero-order valence-corrected chi connectivity index (χ0v) is 31.6. The molecule has 8 bridgehead atoms. The van der Waals surface area contributed by atoms with Gasteiger partial charge in [-0.1, -0.05) is 48.5 Å². The number of nitrogen functional groups attached to an aromatic ring is 4. The minimum Gasteiger partial charge on any atom is -0.399 e. The maximum Gasteiger partial charge on any atom is 0.0738 e. The van der Waals surface area contributed by atoms with E-state index in [1.807, 2.05) is 146 Å². The molecule has 8 N–H and O–H groups in total. The second-order valence-corrected chi connectivity index (χ2v) is 12.9. The van der Waals surface area contributed by atoms with Crippen LogP contribution in [0.2, 0.25) is 0 Å². The summed E-state index contributed by atoms with van der Waals surface area (Å²) in [5, 5.41) is 0. The number of nitrogens with zero attached hydrogens (tertiary/aromatic N) is 4. The minimum absolute atomic E-state index is 0. The third-order valence-electron chi connectivity index (χ3n) is 9.41. The Morgan fingerprint density at radius 3 is 0.642 bits per heavy atom. The van der Waals surface area contributed by atoms with Crippen LogP contribution >= 0.6 is 0 Å². The number of hydrogen-bond donors (Lipinski definition) is 4. The molecule has 5 aliphatic rings. The van der Waals surface area contributed by atoms with E-state index in [4.69, 9.17) is 42.9 Å². The average Bonchev–Trinajstić information content (AvgIpc) is 3.99. The molecule has 0 fully saturated rings. The SMILES string of the molecule is Nc1ccc(C2=C3C=CC(=N3)C(c3ccc(N)cc3)=C3C=CC(=N3)C(c3ccc(N)cc3)=C3C=CC(=N3)C(c3ccc(N)cc3)=C3C=CC2=N3)cc1.[Zn]. The number of rotatable bonds is 4. The number of benzene rings is 4. The minimum atomic E-state index is 0. The molecular formula is C44H32N8Zn. The molecule has 8 nitrogen and oxygen atoms in total. The van der Waals surface area contributed by atoms with E-state index in [9.17, 15) is 0 Å². The van der Waals surface area contributed by atoms with E-state index in [1.165, 1.54) is 0 Å². The zero-order chi connectivity index (χ0) is 35.3. The first-order chi connectivity index (χ1) is 25.4. The molecule has 0 saturated heterocycles. The van der Waals surface area contributed by atoms with Crippen LogP contribution in [0.3, 0.4) is 0 Å². The Balaban J connectivity index is 0.00000400. The third-order valence-corrected chi connectivity index (χ3v) is 9.41. The van der Waals surface area contributed by atoms with Crippen molar-refractivity contribution in [3.63, 3.8) is 0 Å². The molecule has 0 saturated carbocycles. The van der Waals surface area contributed by atoms with Crippen LogP contribution in [0.4, 0.5) is 22.7 Å². The molecule has 0 radical (unpaired) electrons. The molecule has 250 valence electrons. The van der Waals surface area contributed by atoms with E-state index in [2.05, 4.69) is 0 Å². The molecule has 4 aromatic carbocycles. The van der Waals surface area contributed by atoms with E-state index >= 15 is 0 Å². The van der Waals surface area contributed by atoms with E-state index in [1.54, 1.807) is 0 Å². The van der Waals surface area contributed by atoms with Crippen LogP contribution in [0.5, 0.6) is 0 Å². The van der Waals surface area contributed by atoms with Crippen LogP contribution < -0.4 is 22.9 Å². The van der Waals surface area contributed by atoms with Crippen molar-refractivity contribution in [2.75, 3.05) is 22.9 Å². The van der Waals surface area contributed by atoms with Gasteiger partial charge in [-0.25, -0.2) is 20.0 Å². The summed E-state index contributed by atoms with van der Waals surface area (Å²) in [6, 6.07) is 31.2. The van der Waals surface area contributed by atoms with Crippen molar-refractivity contribution in [2.45, 2.75) is 0 Å². The van der Waals surface area contributed by atoms with Gasteiger partial charge >= 0.3 is 0 Å². The fourth-order valence-electron chi connectivity index (χ4n) is 6.87. The van der Waals surface area contributed by atoms with Gasteiger partial charge in [0, 0.05) is 64.5 Å². The summed E-state index contributed by atoms with van der Waals surface area (Å²) in [5.41, 5.74) is 40.7. The van der Waals surface area contributed by atoms with E-state index in [-0.39, 0.29) is 19.5 Å². The molecule has 0 amide bonds. The van der Waals surface area contributed by atoms with Crippen LogP contribution in [0.15, 0.2) is 188 Å². The van der Waals surface area contributed by atoms with Gasteiger partial charge in [0.2, 0.25) is 0 Å². The summed E-state index contributed by atoms with van der Waals surface area (Å²) in [4.78, 5) is 21.1. The maximum absolute atomic E-state index is 6.13. The van der Waals surface area contributed by atoms with Crippen molar-refractivity contribution >= 4 is 67.9 Å². The van der Waals surface area contributed by atoms with Crippen molar-refractivity contribution in [3.8, 4) is 0 Å². The van der Waals surface area contributed by atoms with Gasteiger partial charge in [0.15, 0.2) is 0 Å². The first-order valence-corrected chi connectivity index (χ1v) is 16.9. The Morgan fingerprint density at radius 1 is 0.264 bits per heavy atom. The summed E-state index contributed by atoms with van der Waals surface area (Å²) in [7, 11) is 0. The van der Waals surface area contributed by atoms with Gasteiger partial charge in [0.05, 0.1) is 45.6 Å². The summed E-state index contributed by atoms with van der Waals surface area (Å²) in [6.07, 6.45) is 16.3. The third kappa shape index (κ3) is 6.17. The zero-order valence-electron chi connectivity index (χ0n) is 28.7. The Hall–Kier alpha value is -6.70. The number of aliphatic imine (C=N–C) groups is 4. The Morgan fingerprint density at radius 2 is 0.453 bits per heavy atom. The standard InChI is InChI=1S/C44H32N8.Zn/c45-29-9-1-25(2-10-29)41-33-17-19-35(49-33)42(26-3-11-30(46)12-4-26)37-21-23-39(51-37)44(28-7-15-32(48)16-8-28)40-24-22-38(52-40)43(36-20-18-34(41)50-36)27-5-13-31(47)14-6-27;/h1-24H,45-48H2;. The molecule has 9 rings (SSSR count). The van der Waals surface area contributed by atoms with Crippen molar-refractivity contribution in [3.05, 3.63) is 191 Å². The van der Waals surface area contributed by atoms with Gasteiger partial charge in [0.1, 0.15) is 0 Å². The van der Waals surface area contributed by atoms with Crippen LogP contribution in [-0.2, 0) is 19.5 Å². The van der Waals surface area contributed by atoms with Crippen LogP contribution in [0, 0.1) is 0 Å². The Labute approximate surface area is 319 Å². The van der Waals surface area contributed by atoms with Gasteiger partial charge in [-0.2, -0.15) is 0 Å². The summed E-state index contributed by atoms with van der Waals surface area (Å²) < 4.78 is 0. The fourth-order valence-corrected chi connectivity index (χ4v) is 6.87. The van der Waals surface area contributed by atoms with Crippen molar-refractivity contribution < 1.29 is 19.5 Å². The molecule has 9 heteroatoms. The molecule has 0 aromatic heterocycles. The Kier molecular flexibility index (Phi) is 8.49. The van der Waals surface area contributed by atoms with Gasteiger partial charge < -0.3 is 22.9 Å². The van der Waals surface area contributed by atoms with Crippen molar-refractivity contribution in [1.82, 2.24) is 0 Å².